The van der Waals surface area contributed by atoms with Crippen LogP contribution in [-0.4, -0.2) is 33.6 Å². The molecule has 3 heteroatoms. The molecule has 0 radical (unpaired) electrons. The first-order valence-corrected chi connectivity index (χ1v) is 16.2. The maximum Gasteiger partial charge on any atom is 0.0830 e. The predicted molar refractivity (Wildman–Crippen MR) is 185 cm³/mol. The summed E-state index contributed by atoms with van der Waals surface area (Å²) < 4.78 is 0. The van der Waals surface area contributed by atoms with Gasteiger partial charge in [-0.3, -0.25) is 0 Å². The summed E-state index contributed by atoms with van der Waals surface area (Å²) in [6.07, 6.45) is 30.8. The largest absolute Gasteiger partial charge is 0.393 e. The summed E-state index contributed by atoms with van der Waals surface area (Å²) in [6.45, 7) is 21.6. The molecule has 2 aliphatic rings. The van der Waals surface area contributed by atoms with Gasteiger partial charge in [0.1, 0.15) is 0 Å². The smallest absolute Gasteiger partial charge is 0.0830 e. The fourth-order valence-electron chi connectivity index (χ4n) is 6.69. The number of aliphatic hydroxyl groups excluding tert-OH is 3. The quantitative estimate of drug-likeness (QED) is 0.223. The van der Waals surface area contributed by atoms with Gasteiger partial charge in [-0.1, -0.05) is 149 Å². The van der Waals surface area contributed by atoms with Crippen LogP contribution in [0.4, 0.5) is 0 Å². The average Bonchev–Trinajstić information content (AvgIpc) is 2.91. The second kappa shape index (κ2) is 16.6. The Bertz CT molecular complexity index is 1180. The van der Waals surface area contributed by atoms with Crippen molar-refractivity contribution >= 4 is 0 Å². The van der Waals surface area contributed by atoms with Gasteiger partial charge >= 0.3 is 0 Å². The zero-order valence-electron chi connectivity index (χ0n) is 28.6. The van der Waals surface area contributed by atoms with Gasteiger partial charge in [0.15, 0.2) is 0 Å². The van der Waals surface area contributed by atoms with Crippen LogP contribution < -0.4 is 0 Å². The van der Waals surface area contributed by atoms with Gasteiger partial charge in [-0.25, -0.2) is 0 Å². The number of aliphatic hydroxyl groups is 3. The molecule has 0 spiro atoms. The minimum absolute atomic E-state index is 0.0191. The fourth-order valence-corrected chi connectivity index (χ4v) is 6.69. The fraction of sp³-hybridized carbons (Fsp3) is 0.550. The van der Waals surface area contributed by atoms with E-state index < -0.39 is 12.2 Å². The first-order valence-electron chi connectivity index (χ1n) is 16.2. The highest BCUT2D eigenvalue weighted by Gasteiger charge is 2.44. The van der Waals surface area contributed by atoms with Gasteiger partial charge in [0, 0.05) is 0 Å². The average molecular weight is 589 g/mol. The third-order valence-electron chi connectivity index (χ3n) is 9.70. The minimum atomic E-state index is -0.671. The lowest BCUT2D eigenvalue weighted by molar-refractivity contribution is -0.0969. The van der Waals surface area contributed by atoms with Crippen LogP contribution in [0.1, 0.15) is 88.5 Å². The van der Waals surface area contributed by atoms with E-state index in [-0.39, 0.29) is 34.7 Å². The Labute approximate surface area is 263 Å². The van der Waals surface area contributed by atoms with E-state index in [4.69, 9.17) is 0 Å². The van der Waals surface area contributed by atoms with Crippen molar-refractivity contribution in [2.75, 3.05) is 0 Å². The molecule has 0 heterocycles. The molecule has 0 bridgehead atoms. The Morgan fingerprint density at radius 3 is 1.47 bits per heavy atom. The third kappa shape index (κ3) is 11.5. The standard InChI is InChI=1S/C40H60O3/c1-28(17-13-19-30(3)21-23-34-32(5)36(41)25-26-39(34,7)8)15-11-12-16-29(2)18-14-20-31(4)22-24-35-33(6)38(43)37(42)27-40(35,9)10/h11-24,32-38,41-43H,25-27H2,1-10H3/b12-11+,17-13+,18-14+,23-21+,24-22+,28-15+,29-16+,30-19+,31-20+/t32-,33-,34-,35-,36-,37-,38+/m0/s1. The van der Waals surface area contributed by atoms with Gasteiger partial charge in [0.25, 0.3) is 0 Å². The predicted octanol–water partition coefficient (Wildman–Crippen LogP) is 9.39. The summed E-state index contributed by atoms with van der Waals surface area (Å²) in [5.74, 6) is 0.902. The summed E-state index contributed by atoms with van der Waals surface area (Å²) in [5, 5.41) is 30.8. The lowest BCUT2D eigenvalue weighted by atomic mass is 9.62. The zero-order chi connectivity index (χ0) is 32.4. The van der Waals surface area contributed by atoms with Crippen LogP contribution in [0.2, 0.25) is 0 Å². The van der Waals surface area contributed by atoms with E-state index in [1.165, 1.54) is 16.7 Å². The van der Waals surface area contributed by atoms with Crippen molar-refractivity contribution in [3.63, 3.8) is 0 Å². The Balaban J connectivity index is 1.89. The van der Waals surface area contributed by atoms with Gasteiger partial charge in [0.05, 0.1) is 18.3 Å². The molecule has 238 valence electrons. The normalized spacial score (nSPS) is 33.2. The second-order valence-corrected chi connectivity index (χ2v) is 14.6. The summed E-state index contributed by atoms with van der Waals surface area (Å²) in [5.41, 5.74) is 4.87. The number of rotatable bonds is 10. The maximum absolute atomic E-state index is 10.3. The molecule has 3 N–H and O–H groups in total. The van der Waals surface area contributed by atoms with E-state index in [2.05, 4.69) is 147 Å². The second-order valence-electron chi connectivity index (χ2n) is 14.6. The van der Waals surface area contributed by atoms with Gasteiger partial charge in [0.2, 0.25) is 0 Å². The van der Waals surface area contributed by atoms with E-state index in [9.17, 15) is 15.3 Å². The van der Waals surface area contributed by atoms with Crippen molar-refractivity contribution in [3.8, 4) is 0 Å². The molecule has 0 amide bonds. The molecule has 0 unspecified atom stereocenters. The van der Waals surface area contributed by atoms with E-state index in [0.717, 1.165) is 18.4 Å². The topological polar surface area (TPSA) is 60.7 Å². The Kier molecular flexibility index (Phi) is 14.2. The lowest BCUT2D eigenvalue weighted by Crippen LogP contribution is -2.48. The molecular formula is C40H60O3. The van der Waals surface area contributed by atoms with Crippen LogP contribution in [0.15, 0.2) is 107 Å². The van der Waals surface area contributed by atoms with Gasteiger partial charge < -0.3 is 15.3 Å². The molecular weight excluding hydrogens is 528 g/mol. The molecule has 0 aromatic carbocycles. The Morgan fingerprint density at radius 2 is 0.977 bits per heavy atom. The minimum Gasteiger partial charge on any atom is -0.393 e. The third-order valence-corrected chi connectivity index (χ3v) is 9.70. The van der Waals surface area contributed by atoms with Crippen molar-refractivity contribution in [2.45, 2.75) is 107 Å². The van der Waals surface area contributed by atoms with Gasteiger partial charge in [-0.2, -0.15) is 0 Å². The van der Waals surface area contributed by atoms with E-state index in [1.54, 1.807) is 0 Å². The molecule has 7 atom stereocenters. The number of hydrogen-bond acceptors (Lipinski definition) is 3. The van der Waals surface area contributed by atoms with Gasteiger partial charge in [-0.05, 0) is 81.5 Å². The number of allylic oxidation sites excluding steroid dienone is 18. The molecule has 0 aromatic heterocycles. The van der Waals surface area contributed by atoms with Crippen molar-refractivity contribution in [1.82, 2.24) is 0 Å². The highest BCUT2D eigenvalue weighted by Crippen LogP contribution is 2.46. The van der Waals surface area contributed by atoms with E-state index in [0.29, 0.717) is 12.3 Å². The van der Waals surface area contributed by atoms with Crippen molar-refractivity contribution in [3.05, 3.63) is 107 Å². The summed E-state index contributed by atoms with van der Waals surface area (Å²) in [7, 11) is 0. The first kappa shape index (κ1) is 36.7. The zero-order valence-corrected chi connectivity index (χ0v) is 28.6. The Morgan fingerprint density at radius 1 is 0.558 bits per heavy atom. The monoisotopic (exact) mass is 588 g/mol. The Hall–Kier alpha value is -2.46. The van der Waals surface area contributed by atoms with Crippen LogP contribution in [0.25, 0.3) is 0 Å². The van der Waals surface area contributed by atoms with Gasteiger partial charge in [-0.15, -0.1) is 0 Å². The maximum atomic E-state index is 10.3. The van der Waals surface area contributed by atoms with Crippen LogP contribution in [0, 0.1) is 34.5 Å². The molecule has 0 aliphatic heterocycles. The summed E-state index contributed by atoms with van der Waals surface area (Å²) >= 11 is 0. The van der Waals surface area contributed by atoms with E-state index in [1.807, 2.05) is 6.92 Å². The molecule has 0 aromatic rings. The number of hydrogen-bond donors (Lipinski definition) is 3. The molecule has 2 aliphatic carbocycles. The van der Waals surface area contributed by atoms with Crippen LogP contribution in [0.5, 0.6) is 0 Å². The van der Waals surface area contributed by atoms with Crippen molar-refractivity contribution in [2.24, 2.45) is 34.5 Å². The summed E-state index contributed by atoms with van der Waals surface area (Å²) in [6, 6.07) is 0. The van der Waals surface area contributed by atoms with Crippen LogP contribution >= 0.6 is 0 Å². The molecule has 2 saturated carbocycles. The highest BCUT2D eigenvalue weighted by molar-refractivity contribution is 5.32. The van der Waals surface area contributed by atoms with E-state index >= 15 is 0 Å². The molecule has 2 fully saturated rings. The molecule has 43 heavy (non-hydrogen) atoms. The van der Waals surface area contributed by atoms with Crippen LogP contribution in [0.3, 0.4) is 0 Å². The molecule has 2 rings (SSSR count). The SMILES string of the molecule is CC(/C=C/C=C(C)/C=C/[C@H]1[C@H](C)[C@@H](O)[C@@H](O)CC1(C)C)=C\C=C\C=C(C)\C=C\C=C(C)\C=C\[C@H]1[C@H](C)[C@@H](O)CCC1(C)C. The van der Waals surface area contributed by atoms with Crippen molar-refractivity contribution < 1.29 is 15.3 Å². The first-order chi connectivity index (χ1) is 20.0. The van der Waals surface area contributed by atoms with Crippen LogP contribution in [-0.2, 0) is 0 Å². The molecule has 0 saturated heterocycles. The molecule has 3 nitrogen and oxygen atoms in total. The van der Waals surface area contributed by atoms with Crippen molar-refractivity contribution in [1.29, 1.82) is 0 Å². The summed E-state index contributed by atoms with van der Waals surface area (Å²) in [4.78, 5) is 0. The highest BCUT2D eigenvalue weighted by atomic mass is 16.3. The lowest BCUT2D eigenvalue weighted by Gasteiger charge is -2.46.